The van der Waals surface area contributed by atoms with Gasteiger partial charge >= 0.3 is 5.97 Å². The highest BCUT2D eigenvalue weighted by Crippen LogP contribution is 2.29. The fourth-order valence-electron chi connectivity index (χ4n) is 5.25. The van der Waals surface area contributed by atoms with E-state index < -0.39 is 0 Å². The van der Waals surface area contributed by atoms with Crippen LogP contribution < -0.4 is 4.74 Å². The van der Waals surface area contributed by atoms with Crippen LogP contribution >= 0.6 is 0 Å². The molecule has 2 aromatic rings. The van der Waals surface area contributed by atoms with Gasteiger partial charge in [0.15, 0.2) is 5.82 Å². The van der Waals surface area contributed by atoms with Crippen molar-refractivity contribution in [1.82, 2.24) is 9.97 Å². The molecule has 208 valence electrons. The molecule has 0 radical (unpaired) electrons. The van der Waals surface area contributed by atoms with Gasteiger partial charge in [-0.2, -0.15) is 0 Å². The largest absolute Gasteiger partial charge is 0.426 e. The normalized spacial score (nSPS) is 15.3. The molecule has 0 N–H and O–H groups in total. The van der Waals surface area contributed by atoms with E-state index in [0.717, 1.165) is 31.2 Å². The van der Waals surface area contributed by atoms with E-state index >= 15 is 0 Å². The quantitative estimate of drug-likeness (QED) is 0.0852. The standard InChI is InChI=1S/C34H50N2O2/c1-3-5-7-9-10-11-13-15-17-29-26-35-33(36-27-29)30-22-24-32(25-23-30)38-34(37)31-20-18-28(19-21-31)16-14-12-8-6-4-2/h18,22-27,31H,3-17,19-21H2,1-2H3. The molecular weight excluding hydrogens is 468 g/mol. The van der Waals surface area contributed by atoms with Gasteiger partial charge in [-0.1, -0.05) is 96.1 Å². The predicted octanol–water partition coefficient (Wildman–Crippen LogP) is 9.82. The van der Waals surface area contributed by atoms with E-state index in [-0.39, 0.29) is 11.9 Å². The number of unbranched alkanes of at least 4 members (excludes halogenated alkanes) is 11. The zero-order valence-electron chi connectivity index (χ0n) is 24.1. The van der Waals surface area contributed by atoms with Gasteiger partial charge in [-0.05, 0) is 74.8 Å². The highest BCUT2D eigenvalue weighted by atomic mass is 16.5. The molecule has 3 rings (SSSR count). The first-order chi connectivity index (χ1) is 18.7. The topological polar surface area (TPSA) is 52.1 Å². The average molecular weight is 519 g/mol. The summed E-state index contributed by atoms with van der Waals surface area (Å²) < 4.78 is 5.71. The number of ether oxygens (including phenoxy) is 1. The van der Waals surface area contributed by atoms with Crippen LogP contribution in [0.1, 0.15) is 129 Å². The number of carbonyl (C=O) groups is 1. The van der Waals surface area contributed by atoms with Crippen molar-refractivity contribution in [3.63, 3.8) is 0 Å². The molecule has 0 spiro atoms. The molecule has 38 heavy (non-hydrogen) atoms. The van der Waals surface area contributed by atoms with Gasteiger partial charge in [0.2, 0.25) is 0 Å². The van der Waals surface area contributed by atoms with Crippen LogP contribution in [0.15, 0.2) is 48.3 Å². The third kappa shape index (κ3) is 11.1. The van der Waals surface area contributed by atoms with Crippen molar-refractivity contribution in [2.75, 3.05) is 0 Å². The Labute approximate surface area is 231 Å². The summed E-state index contributed by atoms with van der Waals surface area (Å²) in [7, 11) is 0. The van der Waals surface area contributed by atoms with Gasteiger partial charge in [0.1, 0.15) is 5.75 Å². The molecule has 0 fully saturated rings. The molecule has 0 saturated heterocycles. The zero-order chi connectivity index (χ0) is 26.8. The molecule has 1 atom stereocenters. The molecule has 4 heteroatoms. The molecule has 0 bridgehead atoms. The van der Waals surface area contributed by atoms with Crippen LogP contribution in [0.4, 0.5) is 0 Å². The van der Waals surface area contributed by atoms with Crippen molar-refractivity contribution in [1.29, 1.82) is 0 Å². The lowest BCUT2D eigenvalue weighted by atomic mass is 9.87. The Morgan fingerprint density at radius 2 is 1.37 bits per heavy atom. The molecule has 1 aromatic heterocycles. The summed E-state index contributed by atoms with van der Waals surface area (Å²) in [5, 5.41) is 0. The Hall–Kier alpha value is -2.49. The third-order valence-corrected chi connectivity index (χ3v) is 7.80. The second-order valence-corrected chi connectivity index (χ2v) is 11.1. The van der Waals surface area contributed by atoms with Crippen molar-refractivity contribution in [3.05, 3.63) is 53.9 Å². The van der Waals surface area contributed by atoms with Crippen molar-refractivity contribution >= 4 is 5.97 Å². The zero-order valence-corrected chi connectivity index (χ0v) is 24.1. The number of hydrogen-bond acceptors (Lipinski definition) is 4. The number of benzene rings is 1. The lowest BCUT2D eigenvalue weighted by Crippen LogP contribution is -2.22. The van der Waals surface area contributed by atoms with E-state index in [9.17, 15) is 4.79 Å². The Bertz CT molecular complexity index is 949. The fourth-order valence-corrected chi connectivity index (χ4v) is 5.25. The van der Waals surface area contributed by atoms with E-state index in [1.165, 1.54) is 101 Å². The van der Waals surface area contributed by atoms with Gasteiger partial charge in [0.25, 0.3) is 0 Å². The smallest absolute Gasteiger partial charge is 0.314 e. The van der Waals surface area contributed by atoms with Crippen molar-refractivity contribution in [3.8, 4) is 17.1 Å². The van der Waals surface area contributed by atoms with Crippen LogP contribution in [0.5, 0.6) is 5.75 Å². The van der Waals surface area contributed by atoms with E-state index in [4.69, 9.17) is 4.74 Å². The molecule has 1 unspecified atom stereocenters. The van der Waals surface area contributed by atoms with Crippen LogP contribution in [0, 0.1) is 5.92 Å². The van der Waals surface area contributed by atoms with Crippen LogP contribution in [0.2, 0.25) is 0 Å². The minimum absolute atomic E-state index is 0.0320. The van der Waals surface area contributed by atoms with Gasteiger partial charge in [0.05, 0.1) is 5.92 Å². The second kappa shape index (κ2) is 17.9. The number of nitrogens with zero attached hydrogens (tertiary/aromatic N) is 2. The molecule has 0 aliphatic heterocycles. The Kier molecular flexibility index (Phi) is 14.2. The Balaban J connectivity index is 1.36. The van der Waals surface area contributed by atoms with E-state index in [1.807, 2.05) is 36.7 Å². The van der Waals surface area contributed by atoms with Crippen LogP contribution in [0.25, 0.3) is 11.4 Å². The first-order valence-electron chi connectivity index (χ1n) is 15.5. The number of allylic oxidation sites excluding steroid dienone is 2. The summed E-state index contributed by atoms with van der Waals surface area (Å²) in [4.78, 5) is 21.9. The molecule has 0 saturated carbocycles. The summed E-state index contributed by atoms with van der Waals surface area (Å²) in [6, 6.07) is 7.58. The summed E-state index contributed by atoms with van der Waals surface area (Å²) in [6.45, 7) is 4.52. The molecule has 1 aliphatic carbocycles. The average Bonchev–Trinajstić information content (AvgIpc) is 2.95. The Morgan fingerprint density at radius 3 is 1.95 bits per heavy atom. The highest BCUT2D eigenvalue weighted by Gasteiger charge is 2.23. The summed E-state index contributed by atoms with van der Waals surface area (Å²) in [6.07, 6.45) is 28.3. The van der Waals surface area contributed by atoms with E-state index in [0.29, 0.717) is 11.6 Å². The monoisotopic (exact) mass is 518 g/mol. The summed E-state index contributed by atoms with van der Waals surface area (Å²) in [5.41, 5.74) is 3.66. The first kappa shape index (κ1) is 30.1. The Morgan fingerprint density at radius 1 is 0.789 bits per heavy atom. The SMILES string of the molecule is CCCCCCCCCCc1cnc(-c2ccc(OC(=O)C3CC=C(CCCCCCC)CC3)cc2)nc1. The van der Waals surface area contributed by atoms with Gasteiger partial charge in [-0.15, -0.1) is 0 Å². The second-order valence-electron chi connectivity index (χ2n) is 11.1. The summed E-state index contributed by atoms with van der Waals surface area (Å²) >= 11 is 0. The maximum atomic E-state index is 12.7. The van der Waals surface area contributed by atoms with Crippen LogP contribution in [-0.4, -0.2) is 15.9 Å². The fraction of sp³-hybridized carbons (Fsp3) is 0.618. The van der Waals surface area contributed by atoms with E-state index in [1.54, 1.807) is 0 Å². The number of aryl methyl sites for hydroxylation is 1. The van der Waals surface area contributed by atoms with Crippen molar-refractivity contribution < 1.29 is 9.53 Å². The van der Waals surface area contributed by atoms with Gasteiger partial charge in [-0.3, -0.25) is 4.79 Å². The van der Waals surface area contributed by atoms with Gasteiger partial charge in [-0.25, -0.2) is 9.97 Å². The minimum Gasteiger partial charge on any atom is -0.426 e. The molecule has 1 aliphatic rings. The number of esters is 1. The van der Waals surface area contributed by atoms with Crippen LogP contribution in [0.3, 0.4) is 0 Å². The van der Waals surface area contributed by atoms with Crippen LogP contribution in [-0.2, 0) is 11.2 Å². The molecule has 0 amide bonds. The molecular formula is C34H50N2O2. The van der Waals surface area contributed by atoms with Gasteiger partial charge in [0, 0.05) is 18.0 Å². The lowest BCUT2D eigenvalue weighted by molar-refractivity contribution is -0.139. The van der Waals surface area contributed by atoms with Gasteiger partial charge < -0.3 is 4.74 Å². The number of aromatic nitrogens is 2. The molecule has 4 nitrogen and oxygen atoms in total. The summed E-state index contributed by atoms with van der Waals surface area (Å²) in [5.74, 6) is 1.16. The maximum absolute atomic E-state index is 12.7. The molecule has 1 heterocycles. The number of hydrogen-bond donors (Lipinski definition) is 0. The maximum Gasteiger partial charge on any atom is 0.314 e. The van der Waals surface area contributed by atoms with E-state index in [2.05, 4.69) is 29.9 Å². The lowest BCUT2D eigenvalue weighted by Gasteiger charge is -2.20. The number of rotatable bonds is 18. The highest BCUT2D eigenvalue weighted by molar-refractivity contribution is 5.75. The van der Waals surface area contributed by atoms with Crippen molar-refractivity contribution in [2.45, 2.75) is 129 Å². The molecule has 1 aromatic carbocycles. The third-order valence-electron chi connectivity index (χ3n) is 7.80. The minimum atomic E-state index is -0.113. The first-order valence-corrected chi connectivity index (χ1v) is 15.5. The number of carbonyl (C=O) groups excluding carboxylic acids is 1. The van der Waals surface area contributed by atoms with Crippen molar-refractivity contribution in [2.24, 2.45) is 5.92 Å². The predicted molar refractivity (Wildman–Crippen MR) is 158 cm³/mol.